The maximum Gasteiger partial charge on any atom is 0.261 e. The van der Waals surface area contributed by atoms with Crippen molar-refractivity contribution in [3.63, 3.8) is 0 Å². The fourth-order valence-electron chi connectivity index (χ4n) is 2.87. The minimum Gasteiger partial charge on any atom is -0.322 e. The molecule has 1 atom stereocenters. The number of nitrogens with one attached hydrogen (secondary N) is 1. The third-order valence-electron chi connectivity index (χ3n) is 4.48. The van der Waals surface area contributed by atoms with Crippen LogP contribution in [0.15, 0.2) is 36.5 Å². The zero-order valence-electron chi connectivity index (χ0n) is 14.2. The lowest BCUT2D eigenvalue weighted by Gasteiger charge is -2.09. The molecule has 1 saturated carbocycles. The van der Waals surface area contributed by atoms with Gasteiger partial charge in [0.25, 0.3) is 5.91 Å². The molecule has 1 fully saturated rings. The van der Waals surface area contributed by atoms with E-state index in [1.807, 2.05) is 31.2 Å². The second-order valence-electron chi connectivity index (χ2n) is 6.61. The Morgan fingerprint density at radius 3 is 2.68 bits per heavy atom. The van der Waals surface area contributed by atoms with Crippen LogP contribution in [-0.2, 0) is 0 Å². The molecule has 6 heteroatoms. The van der Waals surface area contributed by atoms with Gasteiger partial charge < -0.3 is 5.32 Å². The summed E-state index contributed by atoms with van der Waals surface area (Å²) in [6.45, 7) is 3.46. The highest BCUT2D eigenvalue weighted by molar-refractivity contribution is 6.08. The van der Waals surface area contributed by atoms with Crippen LogP contribution in [0.2, 0.25) is 0 Å². The zero-order chi connectivity index (χ0) is 17.6. The van der Waals surface area contributed by atoms with Gasteiger partial charge in [0.1, 0.15) is 11.7 Å². The lowest BCUT2D eigenvalue weighted by atomic mass is 10.2. The molecule has 4 rings (SSSR count). The van der Waals surface area contributed by atoms with Gasteiger partial charge in [-0.15, -0.1) is 0 Å². The highest BCUT2D eigenvalue weighted by atomic mass is 19.1. The predicted octanol–water partition coefficient (Wildman–Crippen LogP) is 4.20. The van der Waals surface area contributed by atoms with E-state index in [0.29, 0.717) is 28.5 Å². The van der Waals surface area contributed by atoms with Crippen LogP contribution in [0, 0.1) is 6.92 Å². The van der Waals surface area contributed by atoms with Gasteiger partial charge in [-0.25, -0.2) is 13.9 Å². The van der Waals surface area contributed by atoms with E-state index >= 15 is 0 Å². The summed E-state index contributed by atoms with van der Waals surface area (Å²) in [7, 11) is 0. The number of aromatic nitrogens is 3. The Hall–Kier alpha value is -2.76. The summed E-state index contributed by atoms with van der Waals surface area (Å²) in [5, 5.41) is 7.04. The average Bonchev–Trinajstić information content (AvgIpc) is 3.35. The van der Waals surface area contributed by atoms with Crippen LogP contribution >= 0.6 is 0 Å². The fourth-order valence-corrected chi connectivity index (χ4v) is 2.87. The number of alkyl halides is 1. The molecule has 0 bridgehead atoms. The number of rotatable bonds is 4. The molecule has 0 saturated heterocycles. The Bertz CT molecular complexity index is 942. The van der Waals surface area contributed by atoms with Crippen molar-refractivity contribution in [1.29, 1.82) is 0 Å². The Balaban J connectivity index is 1.74. The van der Waals surface area contributed by atoms with Gasteiger partial charge >= 0.3 is 0 Å². The Labute approximate surface area is 144 Å². The van der Waals surface area contributed by atoms with Crippen molar-refractivity contribution in [2.75, 3.05) is 5.32 Å². The lowest BCUT2D eigenvalue weighted by Crippen LogP contribution is -2.13. The van der Waals surface area contributed by atoms with Gasteiger partial charge in [-0.1, -0.05) is 17.7 Å². The topological polar surface area (TPSA) is 59.3 Å². The van der Waals surface area contributed by atoms with Gasteiger partial charge in [0, 0.05) is 17.3 Å². The first-order chi connectivity index (χ1) is 12.0. The van der Waals surface area contributed by atoms with Gasteiger partial charge in [-0.2, -0.15) is 5.10 Å². The summed E-state index contributed by atoms with van der Waals surface area (Å²) in [5.74, 6) is 0.0715. The molecule has 1 aliphatic rings. The largest absolute Gasteiger partial charge is 0.322 e. The number of benzene rings is 1. The molecule has 2 heterocycles. The number of fused-ring (bicyclic) bond motifs is 1. The summed E-state index contributed by atoms with van der Waals surface area (Å²) in [6.07, 6.45) is 2.38. The first-order valence-electron chi connectivity index (χ1n) is 8.43. The van der Waals surface area contributed by atoms with E-state index in [9.17, 15) is 9.18 Å². The molecule has 0 aliphatic heterocycles. The van der Waals surface area contributed by atoms with E-state index in [1.54, 1.807) is 6.07 Å². The molecule has 128 valence electrons. The summed E-state index contributed by atoms with van der Waals surface area (Å²) in [6, 6.07) is 9.31. The smallest absolute Gasteiger partial charge is 0.261 e. The van der Waals surface area contributed by atoms with Crippen molar-refractivity contribution < 1.29 is 9.18 Å². The summed E-state index contributed by atoms with van der Waals surface area (Å²) >= 11 is 0. The van der Waals surface area contributed by atoms with Crippen LogP contribution in [0.25, 0.3) is 5.65 Å². The van der Waals surface area contributed by atoms with Crippen LogP contribution < -0.4 is 5.32 Å². The van der Waals surface area contributed by atoms with Crippen molar-refractivity contribution in [2.45, 2.75) is 38.8 Å². The third-order valence-corrected chi connectivity index (χ3v) is 4.48. The maximum atomic E-state index is 14.0. The normalized spacial score (nSPS) is 15.3. The third kappa shape index (κ3) is 2.99. The SMILES string of the molecule is Cc1ccc(NC(=O)c2cnn3c(C(C)F)cc(C4CC4)nc23)cc1. The van der Waals surface area contributed by atoms with Crippen molar-refractivity contribution >= 4 is 17.2 Å². The fraction of sp³-hybridized carbons (Fsp3) is 0.316. The van der Waals surface area contributed by atoms with E-state index in [2.05, 4.69) is 15.4 Å². The highest BCUT2D eigenvalue weighted by Gasteiger charge is 2.28. The van der Waals surface area contributed by atoms with Crippen LogP contribution in [0.3, 0.4) is 0 Å². The molecule has 2 aromatic heterocycles. The van der Waals surface area contributed by atoms with Crippen molar-refractivity contribution in [1.82, 2.24) is 14.6 Å². The quantitative estimate of drug-likeness (QED) is 0.776. The van der Waals surface area contributed by atoms with Crippen LogP contribution in [0.1, 0.15) is 59.2 Å². The first kappa shape index (κ1) is 15.7. The average molecular weight is 338 g/mol. The zero-order valence-corrected chi connectivity index (χ0v) is 14.2. The lowest BCUT2D eigenvalue weighted by molar-refractivity contribution is 0.102. The van der Waals surface area contributed by atoms with Gasteiger partial charge in [-0.05, 0) is 44.9 Å². The molecule has 0 radical (unpaired) electrons. The number of hydrogen-bond acceptors (Lipinski definition) is 3. The van der Waals surface area contributed by atoms with Crippen molar-refractivity contribution in [3.05, 3.63) is 59.0 Å². The van der Waals surface area contributed by atoms with Gasteiger partial charge in [-0.3, -0.25) is 4.79 Å². The monoisotopic (exact) mass is 338 g/mol. The molecular formula is C19H19FN4O. The van der Waals surface area contributed by atoms with Gasteiger partial charge in [0.05, 0.1) is 11.9 Å². The van der Waals surface area contributed by atoms with E-state index in [-0.39, 0.29) is 5.91 Å². The maximum absolute atomic E-state index is 14.0. The van der Waals surface area contributed by atoms with E-state index in [0.717, 1.165) is 24.1 Å². The van der Waals surface area contributed by atoms with E-state index in [1.165, 1.54) is 17.6 Å². The molecule has 0 spiro atoms. The van der Waals surface area contributed by atoms with Crippen molar-refractivity contribution in [2.24, 2.45) is 0 Å². The van der Waals surface area contributed by atoms with Crippen LogP contribution in [0.4, 0.5) is 10.1 Å². The molecule has 1 unspecified atom stereocenters. The molecule has 5 nitrogen and oxygen atoms in total. The number of anilines is 1. The summed E-state index contributed by atoms with van der Waals surface area (Å²) in [5.41, 5.74) is 3.86. The predicted molar refractivity (Wildman–Crippen MR) is 93.6 cm³/mol. The van der Waals surface area contributed by atoms with E-state index in [4.69, 9.17) is 0 Å². The van der Waals surface area contributed by atoms with Crippen LogP contribution in [-0.4, -0.2) is 20.5 Å². The minimum absolute atomic E-state index is 0.295. The van der Waals surface area contributed by atoms with Gasteiger partial charge in [0.15, 0.2) is 5.65 Å². The number of nitrogens with zero attached hydrogens (tertiary/aromatic N) is 3. The number of amides is 1. The molecule has 1 aromatic carbocycles. The van der Waals surface area contributed by atoms with Crippen LogP contribution in [0.5, 0.6) is 0 Å². The molecule has 25 heavy (non-hydrogen) atoms. The second-order valence-corrected chi connectivity index (χ2v) is 6.61. The number of halogens is 1. The number of carbonyl (C=O) groups excluding carboxylic acids is 1. The highest BCUT2D eigenvalue weighted by Crippen LogP contribution is 2.40. The standard InChI is InChI=1S/C19H19FN4O/c1-11-3-7-14(8-4-11)22-19(25)15-10-21-24-17(12(2)20)9-16(13-5-6-13)23-18(15)24/h3-4,7-10,12-13H,5-6H2,1-2H3,(H,22,25). The first-order valence-corrected chi connectivity index (χ1v) is 8.43. The van der Waals surface area contributed by atoms with Crippen molar-refractivity contribution in [3.8, 4) is 0 Å². The van der Waals surface area contributed by atoms with Gasteiger partial charge in [0.2, 0.25) is 0 Å². The minimum atomic E-state index is -1.18. The summed E-state index contributed by atoms with van der Waals surface area (Å²) in [4.78, 5) is 17.2. The Kier molecular flexibility index (Phi) is 3.75. The van der Waals surface area contributed by atoms with E-state index < -0.39 is 6.17 Å². The molecule has 1 aliphatic carbocycles. The molecular weight excluding hydrogens is 319 g/mol. The Morgan fingerprint density at radius 1 is 1.32 bits per heavy atom. The molecule has 1 amide bonds. The number of hydrogen-bond donors (Lipinski definition) is 1. The number of aryl methyl sites for hydroxylation is 1. The summed E-state index contributed by atoms with van der Waals surface area (Å²) < 4.78 is 15.5. The Morgan fingerprint density at radius 2 is 2.04 bits per heavy atom. The molecule has 3 aromatic rings. The molecule has 1 N–H and O–H groups in total. The second kappa shape index (κ2) is 5.95. The number of carbonyl (C=O) groups is 1.